The van der Waals surface area contributed by atoms with E-state index < -0.39 is 0 Å². The highest BCUT2D eigenvalue weighted by Crippen LogP contribution is 2.48. The predicted octanol–water partition coefficient (Wildman–Crippen LogP) is 2.67. The van der Waals surface area contributed by atoms with E-state index in [2.05, 4.69) is 33.4 Å². The van der Waals surface area contributed by atoms with Crippen LogP contribution in [0.4, 0.5) is 0 Å². The van der Waals surface area contributed by atoms with E-state index >= 15 is 0 Å². The number of ether oxygens (including phenoxy) is 2. The third-order valence-electron chi connectivity index (χ3n) is 3.23. The zero-order valence-corrected chi connectivity index (χ0v) is 11.3. The molecule has 4 heteroatoms. The molecule has 0 unspecified atom stereocenters. The number of hydrogen-bond donors (Lipinski definition) is 1. The minimum Gasteiger partial charge on any atom is -0.495 e. The summed E-state index contributed by atoms with van der Waals surface area (Å²) in [6, 6.07) is 4.13. The molecule has 2 rings (SSSR count). The number of benzene rings is 1. The van der Waals surface area contributed by atoms with Gasteiger partial charge in [-0.15, -0.1) is 0 Å². The van der Waals surface area contributed by atoms with E-state index in [-0.39, 0.29) is 5.54 Å². The van der Waals surface area contributed by atoms with Crippen molar-refractivity contribution in [1.29, 1.82) is 0 Å². The minimum absolute atomic E-state index is 0.126. The van der Waals surface area contributed by atoms with Gasteiger partial charge < -0.3 is 14.8 Å². The third-order valence-corrected chi connectivity index (χ3v) is 4.01. The van der Waals surface area contributed by atoms with Crippen molar-refractivity contribution in [3.63, 3.8) is 0 Å². The molecule has 0 spiro atoms. The average Bonchev–Trinajstić information content (AvgIpc) is 3.10. The Balaban J connectivity index is 2.47. The van der Waals surface area contributed by atoms with Crippen molar-refractivity contribution >= 4 is 15.9 Å². The summed E-state index contributed by atoms with van der Waals surface area (Å²) in [6.07, 6.45) is 2.33. The number of methoxy groups -OCH3 is 2. The number of hydrogen-bond acceptors (Lipinski definition) is 3. The summed E-state index contributed by atoms with van der Waals surface area (Å²) >= 11 is 3.47. The Morgan fingerprint density at radius 3 is 2.00 bits per heavy atom. The highest BCUT2D eigenvalue weighted by Gasteiger charge is 2.43. The molecule has 0 bridgehead atoms. The molecular weight excluding hydrogens is 270 g/mol. The lowest BCUT2D eigenvalue weighted by atomic mass is 10.0. The van der Waals surface area contributed by atoms with Crippen molar-refractivity contribution in [3.8, 4) is 11.5 Å². The predicted molar refractivity (Wildman–Crippen MR) is 67.2 cm³/mol. The molecule has 0 amide bonds. The van der Waals surface area contributed by atoms with Crippen LogP contribution in [0.15, 0.2) is 16.6 Å². The van der Waals surface area contributed by atoms with E-state index in [4.69, 9.17) is 9.47 Å². The van der Waals surface area contributed by atoms with E-state index in [1.807, 2.05) is 7.05 Å². The van der Waals surface area contributed by atoms with Crippen molar-refractivity contribution < 1.29 is 9.47 Å². The molecular formula is C12H16BrNO2. The van der Waals surface area contributed by atoms with Gasteiger partial charge in [0.15, 0.2) is 0 Å². The minimum atomic E-state index is 0.126. The van der Waals surface area contributed by atoms with Crippen LogP contribution in [0.25, 0.3) is 0 Å². The molecule has 1 aromatic rings. The van der Waals surface area contributed by atoms with Crippen LogP contribution < -0.4 is 14.8 Å². The Morgan fingerprint density at radius 2 is 1.69 bits per heavy atom. The van der Waals surface area contributed by atoms with E-state index in [0.29, 0.717) is 0 Å². The average molecular weight is 286 g/mol. The molecule has 0 aromatic heterocycles. The molecule has 16 heavy (non-hydrogen) atoms. The first-order chi connectivity index (χ1) is 7.66. The van der Waals surface area contributed by atoms with Gasteiger partial charge in [-0.05, 0) is 53.5 Å². The molecule has 0 radical (unpaired) electrons. The Bertz CT molecular complexity index is 377. The molecule has 1 aromatic carbocycles. The second kappa shape index (κ2) is 4.26. The second-order valence-electron chi connectivity index (χ2n) is 4.03. The molecule has 3 nitrogen and oxygen atoms in total. The normalized spacial score (nSPS) is 17.0. The number of rotatable bonds is 4. The van der Waals surface area contributed by atoms with Gasteiger partial charge in [-0.1, -0.05) is 0 Å². The van der Waals surface area contributed by atoms with E-state index in [1.165, 1.54) is 5.56 Å². The molecule has 0 heterocycles. The summed E-state index contributed by atoms with van der Waals surface area (Å²) in [6.45, 7) is 0. The van der Waals surface area contributed by atoms with Crippen molar-refractivity contribution in [1.82, 2.24) is 5.32 Å². The summed E-state index contributed by atoms with van der Waals surface area (Å²) in [5, 5.41) is 3.36. The standard InChI is InChI=1S/C12H16BrNO2/c1-14-12(4-5-12)8-6-9(15-2)11(13)10(7-8)16-3/h6-7,14H,4-5H2,1-3H3. The van der Waals surface area contributed by atoms with Crippen LogP contribution in [0, 0.1) is 0 Å². The molecule has 0 atom stereocenters. The highest BCUT2D eigenvalue weighted by atomic mass is 79.9. The zero-order valence-electron chi connectivity index (χ0n) is 9.76. The van der Waals surface area contributed by atoms with Gasteiger partial charge in [0.1, 0.15) is 16.0 Å². The number of halogens is 1. The van der Waals surface area contributed by atoms with Crippen molar-refractivity contribution in [3.05, 3.63) is 22.2 Å². The van der Waals surface area contributed by atoms with Gasteiger partial charge in [0.05, 0.1) is 14.2 Å². The molecule has 88 valence electrons. The van der Waals surface area contributed by atoms with Gasteiger partial charge in [0.2, 0.25) is 0 Å². The summed E-state index contributed by atoms with van der Waals surface area (Å²) in [7, 11) is 5.33. The van der Waals surface area contributed by atoms with Crippen molar-refractivity contribution in [2.75, 3.05) is 21.3 Å². The maximum atomic E-state index is 5.34. The molecule has 1 saturated carbocycles. The smallest absolute Gasteiger partial charge is 0.137 e. The fourth-order valence-electron chi connectivity index (χ4n) is 1.95. The molecule has 1 N–H and O–H groups in total. The molecule has 1 aliphatic rings. The van der Waals surface area contributed by atoms with Crippen LogP contribution in [0.2, 0.25) is 0 Å². The van der Waals surface area contributed by atoms with Gasteiger partial charge in [0.25, 0.3) is 0 Å². The fourth-order valence-corrected chi connectivity index (χ4v) is 2.51. The maximum absolute atomic E-state index is 5.34. The first-order valence-electron chi connectivity index (χ1n) is 5.28. The topological polar surface area (TPSA) is 30.5 Å². The van der Waals surface area contributed by atoms with Gasteiger partial charge in [-0.2, -0.15) is 0 Å². The quantitative estimate of drug-likeness (QED) is 0.923. The summed E-state index contributed by atoms with van der Waals surface area (Å²) in [5.74, 6) is 1.63. The fraction of sp³-hybridized carbons (Fsp3) is 0.500. The molecule has 1 aliphatic carbocycles. The third kappa shape index (κ3) is 1.80. The SMILES string of the molecule is CNC1(c2cc(OC)c(Br)c(OC)c2)CC1. The van der Waals surface area contributed by atoms with Crippen LogP contribution in [0.3, 0.4) is 0 Å². The number of nitrogens with one attached hydrogen (secondary N) is 1. The lowest BCUT2D eigenvalue weighted by molar-refractivity contribution is 0.386. The van der Waals surface area contributed by atoms with Crippen LogP contribution >= 0.6 is 15.9 Å². The lowest BCUT2D eigenvalue weighted by Gasteiger charge is -2.18. The van der Waals surface area contributed by atoms with E-state index in [1.54, 1.807) is 14.2 Å². The van der Waals surface area contributed by atoms with Crippen LogP contribution in [-0.2, 0) is 5.54 Å². The second-order valence-corrected chi connectivity index (χ2v) is 4.82. The van der Waals surface area contributed by atoms with E-state index in [0.717, 1.165) is 28.8 Å². The lowest BCUT2D eigenvalue weighted by Crippen LogP contribution is -2.24. The first-order valence-corrected chi connectivity index (χ1v) is 6.07. The summed E-state index contributed by atoms with van der Waals surface area (Å²) in [4.78, 5) is 0. The monoisotopic (exact) mass is 285 g/mol. The Kier molecular flexibility index (Phi) is 3.13. The van der Waals surface area contributed by atoms with Crippen LogP contribution in [-0.4, -0.2) is 21.3 Å². The molecule has 0 saturated heterocycles. The summed E-state index contributed by atoms with van der Waals surface area (Å²) in [5.41, 5.74) is 1.35. The van der Waals surface area contributed by atoms with Gasteiger partial charge in [-0.25, -0.2) is 0 Å². The van der Waals surface area contributed by atoms with Gasteiger partial charge >= 0.3 is 0 Å². The maximum Gasteiger partial charge on any atom is 0.137 e. The van der Waals surface area contributed by atoms with Crippen molar-refractivity contribution in [2.45, 2.75) is 18.4 Å². The van der Waals surface area contributed by atoms with E-state index in [9.17, 15) is 0 Å². The Morgan fingerprint density at radius 1 is 1.19 bits per heavy atom. The van der Waals surface area contributed by atoms with Crippen LogP contribution in [0.1, 0.15) is 18.4 Å². The summed E-state index contributed by atoms with van der Waals surface area (Å²) < 4.78 is 11.6. The van der Waals surface area contributed by atoms with Crippen molar-refractivity contribution in [2.24, 2.45) is 0 Å². The largest absolute Gasteiger partial charge is 0.495 e. The van der Waals surface area contributed by atoms with Crippen LogP contribution in [0.5, 0.6) is 11.5 Å². The van der Waals surface area contributed by atoms with Gasteiger partial charge in [-0.3, -0.25) is 0 Å². The Labute approximate surface area is 104 Å². The van der Waals surface area contributed by atoms with Gasteiger partial charge in [0, 0.05) is 5.54 Å². The zero-order chi connectivity index (χ0) is 11.8. The molecule has 1 fully saturated rings. The first kappa shape index (κ1) is 11.7. The highest BCUT2D eigenvalue weighted by molar-refractivity contribution is 9.10. The molecule has 0 aliphatic heterocycles. The Hall–Kier alpha value is -0.740.